The molecule has 2 aliphatic rings. The van der Waals surface area contributed by atoms with Crippen LogP contribution in [0, 0.1) is 5.82 Å². The van der Waals surface area contributed by atoms with Gasteiger partial charge in [0.25, 0.3) is 11.7 Å². The number of aromatic nitrogens is 2. The van der Waals surface area contributed by atoms with Crippen molar-refractivity contribution >= 4 is 11.6 Å². The van der Waals surface area contributed by atoms with Gasteiger partial charge in [0.2, 0.25) is 6.79 Å². The predicted molar refractivity (Wildman–Crippen MR) is 99.5 cm³/mol. The van der Waals surface area contributed by atoms with Gasteiger partial charge in [0.15, 0.2) is 23.7 Å². The summed E-state index contributed by atoms with van der Waals surface area (Å²) in [4.78, 5) is 12.6. The van der Waals surface area contributed by atoms with Crippen molar-refractivity contribution < 1.29 is 35.6 Å². The van der Waals surface area contributed by atoms with E-state index in [2.05, 4.69) is 9.88 Å². The summed E-state index contributed by atoms with van der Waals surface area (Å²) < 4.78 is 28.1. The first-order chi connectivity index (χ1) is 13.7. The number of fused-ring (bicyclic) bond motifs is 2. The van der Waals surface area contributed by atoms with Crippen LogP contribution in [0.2, 0.25) is 0 Å². The van der Waals surface area contributed by atoms with Crippen LogP contribution in [0.3, 0.4) is 0 Å². The van der Waals surface area contributed by atoms with E-state index in [1.54, 1.807) is 30.3 Å². The summed E-state index contributed by atoms with van der Waals surface area (Å²) in [6, 6.07) is 11.8. The lowest BCUT2D eigenvalue weighted by molar-refractivity contribution is -0.690. The molecule has 1 amide bonds. The SMILES string of the molecule is O=C(C[n+]1cc(-c2ccc(F)cc2)n2c1CCC2)Nc1ccc2c(c1)OCO2.[Cl-]. The Kier molecular flexibility index (Phi) is 5.15. The number of anilines is 1. The average molecular weight is 416 g/mol. The van der Waals surface area contributed by atoms with Gasteiger partial charge in [0, 0.05) is 17.3 Å². The molecule has 29 heavy (non-hydrogen) atoms. The molecule has 0 fully saturated rings. The Morgan fingerprint density at radius 3 is 2.76 bits per heavy atom. The van der Waals surface area contributed by atoms with E-state index in [0.29, 0.717) is 17.2 Å². The molecule has 2 aromatic carbocycles. The third kappa shape index (κ3) is 3.65. The maximum absolute atomic E-state index is 13.3. The van der Waals surface area contributed by atoms with Gasteiger partial charge in [-0.25, -0.2) is 13.5 Å². The zero-order valence-corrected chi connectivity index (χ0v) is 16.3. The van der Waals surface area contributed by atoms with Gasteiger partial charge in [-0.1, -0.05) is 0 Å². The maximum Gasteiger partial charge on any atom is 0.266 e. The van der Waals surface area contributed by atoms with Crippen LogP contribution in [0.25, 0.3) is 11.3 Å². The molecular formula is C21H19ClFN3O3. The van der Waals surface area contributed by atoms with Crippen LogP contribution >= 0.6 is 0 Å². The minimum Gasteiger partial charge on any atom is -1.00 e. The first kappa shape index (κ1) is 19.3. The molecule has 8 heteroatoms. The molecular weight excluding hydrogens is 397 g/mol. The molecule has 3 aromatic rings. The van der Waals surface area contributed by atoms with Gasteiger partial charge in [-0.15, -0.1) is 0 Å². The van der Waals surface area contributed by atoms with Crippen molar-refractivity contribution in [3.05, 3.63) is 60.3 Å². The minimum atomic E-state index is -0.257. The van der Waals surface area contributed by atoms with Gasteiger partial charge in [-0.05, 0) is 42.8 Å². The lowest BCUT2D eigenvalue weighted by Gasteiger charge is -2.05. The van der Waals surface area contributed by atoms with E-state index >= 15 is 0 Å². The number of carbonyl (C=O) groups is 1. The summed E-state index contributed by atoms with van der Waals surface area (Å²) in [7, 11) is 0. The number of benzene rings is 2. The summed E-state index contributed by atoms with van der Waals surface area (Å²) in [5.74, 6) is 2.05. The second kappa shape index (κ2) is 7.75. The number of nitrogens with zero attached hydrogens (tertiary/aromatic N) is 2. The van der Waals surface area contributed by atoms with Crippen LogP contribution in [0.4, 0.5) is 10.1 Å². The van der Waals surface area contributed by atoms with Crippen molar-refractivity contribution in [2.24, 2.45) is 0 Å². The van der Waals surface area contributed by atoms with Crippen LogP contribution < -0.4 is 31.8 Å². The fourth-order valence-electron chi connectivity index (χ4n) is 3.83. The predicted octanol–water partition coefficient (Wildman–Crippen LogP) is -0.101. The molecule has 0 atom stereocenters. The smallest absolute Gasteiger partial charge is 0.266 e. The normalized spacial score (nSPS) is 13.7. The number of ether oxygens (including phenoxy) is 2. The number of rotatable bonds is 4. The number of halogens is 2. The summed E-state index contributed by atoms with van der Waals surface area (Å²) in [6.07, 6.45) is 3.92. The Morgan fingerprint density at radius 1 is 1.14 bits per heavy atom. The average Bonchev–Trinajstić information content (AvgIpc) is 3.40. The molecule has 0 unspecified atom stereocenters. The summed E-state index contributed by atoms with van der Waals surface area (Å²) in [6.45, 7) is 1.31. The second-order valence-electron chi connectivity index (χ2n) is 6.94. The molecule has 150 valence electrons. The highest BCUT2D eigenvalue weighted by molar-refractivity contribution is 5.90. The lowest BCUT2D eigenvalue weighted by Crippen LogP contribution is -3.00. The molecule has 0 aliphatic carbocycles. The number of carbonyl (C=O) groups excluding carboxylic acids is 1. The fourth-order valence-corrected chi connectivity index (χ4v) is 3.83. The van der Waals surface area contributed by atoms with Crippen molar-refractivity contribution in [2.75, 3.05) is 12.1 Å². The van der Waals surface area contributed by atoms with Crippen LogP contribution in [0.1, 0.15) is 12.2 Å². The highest BCUT2D eigenvalue weighted by Crippen LogP contribution is 2.34. The van der Waals surface area contributed by atoms with Gasteiger partial charge < -0.3 is 27.2 Å². The number of imidazole rings is 1. The molecule has 0 radical (unpaired) electrons. The summed E-state index contributed by atoms with van der Waals surface area (Å²) in [5, 5.41) is 2.91. The Hall–Kier alpha value is -3.06. The van der Waals surface area contributed by atoms with Crippen LogP contribution in [-0.4, -0.2) is 17.3 Å². The Balaban J connectivity index is 0.00000205. The van der Waals surface area contributed by atoms with Crippen molar-refractivity contribution in [3.8, 4) is 22.8 Å². The highest BCUT2D eigenvalue weighted by Gasteiger charge is 2.29. The van der Waals surface area contributed by atoms with Crippen molar-refractivity contribution in [1.29, 1.82) is 0 Å². The number of hydrogen-bond acceptors (Lipinski definition) is 3. The number of nitrogens with one attached hydrogen (secondary N) is 1. The molecule has 0 bridgehead atoms. The van der Waals surface area contributed by atoms with Gasteiger partial charge >= 0.3 is 0 Å². The van der Waals surface area contributed by atoms with E-state index in [9.17, 15) is 9.18 Å². The number of amides is 1. The third-order valence-corrected chi connectivity index (χ3v) is 5.10. The first-order valence-corrected chi connectivity index (χ1v) is 9.25. The van der Waals surface area contributed by atoms with Gasteiger partial charge in [-0.3, -0.25) is 4.79 Å². The largest absolute Gasteiger partial charge is 1.00 e. The third-order valence-electron chi connectivity index (χ3n) is 5.10. The first-order valence-electron chi connectivity index (χ1n) is 9.25. The van der Waals surface area contributed by atoms with Crippen LogP contribution in [-0.2, 0) is 24.3 Å². The zero-order valence-electron chi connectivity index (χ0n) is 15.5. The standard InChI is InChI=1S/C21H18FN3O3.ClH/c22-15-5-3-14(4-6-15)17-11-24(21-2-1-9-25(17)21)12-20(26)23-16-7-8-18-19(10-16)28-13-27-18;/h3-8,10-11H,1-2,9,12-13H2;1H. The van der Waals surface area contributed by atoms with Crippen molar-refractivity contribution in [3.63, 3.8) is 0 Å². The molecule has 1 N–H and O–H groups in total. The van der Waals surface area contributed by atoms with E-state index in [1.165, 1.54) is 12.1 Å². The molecule has 2 aliphatic heterocycles. The fraction of sp³-hybridized carbons (Fsp3) is 0.238. The zero-order chi connectivity index (χ0) is 19.1. The van der Waals surface area contributed by atoms with E-state index < -0.39 is 0 Å². The van der Waals surface area contributed by atoms with Crippen molar-refractivity contribution in [1.82, 2.24) is 4.57 Å². The van der Waals surface area contributed by atoms with E-state index in [1.807, 2.05) is 10.8 Å². The number of hydrogen-bond donors (Lipinski definition) is 1. The molecule has 0 saturated heterocycles. The van der Waals surface area contributed by atoms with Crippen molar-refractivity contribution in [2.45, 2.75) is 25.9 Å². The van der Waals surface area contributed by atoms with Gasteiger partial charge in [0.1, 0.15) is 12.0 Å². The van der Waals surface area contributed by atoms with E-state index in [0.717, 1.165) is 36.5 Å². The molecule has 6 nitrogen and oxygen atoms in total. The lowest BCUT2D eigenvalue weighted by atomic mass is 10.1. The van der Waals surface area contributed by atoms with E-state index in [-0.39, 0.29) is 37.5 Å². The molecule has 1 aromatic heterocycles. The molecule has 3 heterocycles. The molecule has 0 spiro atoms. The quantitative estimate of drug-likeness (QED) is 0.605. The topological polar surface area (TPSA) is 56.4 Å². The van der Waals surface area contributed by atoms with Gasteiger partial charge in [0.05, 0.1) is 13.0 Å². The highest BCUT2D eigenvalue weighted by atomic mass is 35.5. The van der Waals surface area contributed by atoms with Gasteiger partial charge in [-0.2, -0.15) is 0 Å². The van der Waals surface area contributed by atoms with E-state index in [4.69, 9.17) is 9.47 Å². The minimum absolute atomic E-state index is 0. The summed E-state index contributed by atoms with van der Waals surface area (Å²) >= 11 is 0. The van der Waals surface area contributed by atoms with Crippen LogP contribution in [0.5, 0.6) is 11.5 Å². The Morgan fingerprint density at radius 2 is 1.93 bits per heavy atom. The van der Waals surface area contributed by atoms with Crippen LogP contribution in [0.15, 0.2) is 48.7 Å². The Labute approximate surface area is 173 Å². The Bertz CT molecular complexity index is 1070. The monoisotopic (exact) mass is 415 g/mol. The summed E-state index contributed by atoms with van der Waals surface area (Å²) in [5.41, 5.74) is 2.62. The second-order valence-corrected chi connectivity index (χ2v) is 6.94. The molecule has 0 saturated carbocycles. The molecule has 5 rings (SSSR count). The maximum atomic E-state index is 13.3.